The SMILES string of the molecule is Nc1c(C(=O)O)cccc1N1N=CC=CN1. The van der Waals surface area contributed by atoms with Crippen LogP contribution in [0.15, 0.2) is 35.6 Å². The van der Waals surface area contributed by atoms with Gasteiger partial charge in [0.05, 0.1) is 17.5 Å². The second-order valence-corrected chi connectivity index (χ2v) is 3.11. The van der Waals surface area contributed by atoms with Crippen LogP contribution >= 0.6 is 0 Å². The molecule has 6 heteroatoms. The number of nitrogens with zero attached hydrogens (tertiary/aromatic N) is 2. The number of nitrogens with two attached hydrogens (primary N) is 1. The number of rotatable bonds is 2. The van der Waals surface area contributed by atoms with E-state index in [4.69, 9.17) is 10.8 Å². The lowest BCUT2D eigenvalue weighted by Crippen LogP contribution is -2.31. The number of carboxylic acids is 1. The Hall–Kier alpha value is -2.50. The van der Waals surface area contributed by atoms with Crippen molar-refractivity contribution < 1.29 is 9.90 Å². The second-order valence-electron chi connectivity index (χ2n) is 3.11. The highest BCUT2D eigenvalue weighted by Crippen LogP contribution is 2.26. The minimum absolute atomic E-state index is 0.0593. The van der Waals surface area contributed by atoms with Gasteiger partial charge in [-0.25, -0.2) is 4.79 Å². The molecule has 1 aromatic carbocycles. The Morgan fingerprint density at radius 3 is 2.94 bits per heavy atom. The van der Waals surface area contributed by atoms with E-state index in [-0.39, 0.29) is 11.3 Å². The van der Waals surface area contributed by atoms with Gasteiger partial charge in [-0.05, 0) is 18.2 Å². The molecule has 0 bridgehead atoms. The predicted octanol–water partition coefficient (Wildman–Crippen LogP) is 0.791. The minimum Gasteiger partial charge on any atom is -0.478 e. The summed E-state index contributed by atoms with van der Waals surface area (Å²) in [6.45, 7) is 0. The van der Waals surface area contributed by atoms with Crippen molar-refractivity contribution in [2.75, 3.05) is 10.9 Å². The first-order valence-electron chi connectivity index (χ1n) is 4.57. The van der Waals surface area contributed by atoms with Crippen LogP contribution in [-0.4, -0.2) is 17.3 Å². The lowest BCUT2D eigenvalue weighted by atomic mass is 10.1. The molecule has 4 N–H and O–H groups in total. The van der Waals surface area contributed by atoms with Crippen LogP contribution in [0.25, 0.3) is 0 Å². The fraction of sp³-hybridized carbons (Fsp3) is 0. The standard InChI is InChI=1S/C10H10N4O2/c11-9-7(10(15)16)3-1-4-8(9)14-12-5-2-6-13-14/h1-6,12H,11H2,(H,15,16). The number of anilines is 2. The number of hydrogen-bond donors (Lipinski definition) is 3. The second kappa shape index (κ2) is 3.93. The molecule has 0 aliphatic carbocycles. The van der Waals surface area contributed by atoms with Crippen molar-refractivity contribution in [1.29, 1.82) is 0 Å². The van der Waals surface area contributed by atoms with Crippen LogP contribution in [0.3, 0.4) is 0 Å². The van der Waals surface area contributed by atoms with Gasteiger partial charge in [-0.15, -0.1) is 0 Å². The average molecular weight is 218 g/mol. The molecule has 6 nitrogen and oxygen atoms in total. The Kier molecular flexibility index (Phi) is 2.47. The predicted molar refractivity (Wildman–Crippen MR) is 61.1 cm³/mol. The summed E-state index contributed by atoms with van der Waals surface area (Å²) in [5.41, 5.74) is 9.31. The Balaban J connectivity index is 2.41. The van der Waals surface area contributed by atoms with E-state index in [1.54, 1.807) is 30.6 Å². The maximum Gasteiger partial charge on any atom is 0.337 e. The van der Waals surface area contributed by atoms with Gasteiger partial charge < -0.3 is 10.8 Å². The highest BCUT2D eigenvalue weighted by atomic mass is 16.4. The summed E-state index contributed by atoms with van der Waals surface area (Å²) in [5, 5.41) is 14.3. The van der Waals surface area contributed by atoms with E-state index in [1.807, 2.05) is 0 Å². The Bertz CT molecular complexity index is 482. The molecule has 0 saturated carbocycles. The van der Waals surface area contributed by atoms with Gasteiger partial charge in [-0.3, -0.25) is 5.43 Å². The van der Waals surface area contributed by atoms with Crippen LogP contribution in [0.1, 0.15) is 10.4 Å². The number of aromatic carboxylic acids is 1. The number of allylic oxidation sites excluding steroid dienone is 1. The van der Waals surface area contributed by atoms with E-state index in [2.05, 4.69) is 10.5 Å². The highest BCUT2D eigenvalue weighted by molar-refractivity contribution is 5.97. The molecule has 1 heterocycles. The molecule has 0 unspecified atom stereocenters. The average Bonchev–Trinajstić information content (AvgIpc) is 2.30. The number of nitrogens with one attached hydrogen (secondary N) is 1. The van der Waals surface area contributed by atoms with Crippen molar-refractivity contribution >= 4 is 23.6 Å². The third-order valence-corrected chi connectivity index (χ3v) is 2.10. The lowest BCUT2D eigenvalue weighted by molar-refractivity contribution is 0.0698. The quantitative estimate of drug-likeness (QED) is 0.638. The maximum atomic E-state index is 10.9. The van der Waals surface area contributed by atoms with Crippen LogP contribution in [0.2, 0.25) is 0 Å². The largest absolute Gasteiger partial charge is 0.478 e. The Morgan fingerprint density at radius 1 is 1.50 bits per heavy atom. The lowest BCUT2D eigenvalue weighted by Gasteiger charge is -2.22. The monoisotopic (exact) mass is 218 g/mol. The Morgan fingerprint density at radius 2 is 2.31 bits per heavy atom. The first-order chi connectivity index (χ1) is 7.70. The molecule has 0 saturated heterocycles. The van der Waals surface area contributed by atoms with Crippen LogP contribution in [0.4, 0.5) is 11.4 Å². The Labute approximate surface area is 91.6 Å². The van der Waals surface area contributed by atoms with E-state index in [0.29, 0.717) is 5.69 Å². The van der Waals surface area contributed by atoms with Crippen LogP contribution in [-0.2, 0) is 0 Å². The van der Waals surface area contributed by atoms with Crippen molar-refractivity contribution in [1.82, 2.24) is 5.43 Å². The van der Waals surface area contributed by atoms with E-state index in [9.17, 15) is 4.79 Å². The van der Waals surface area contributed by atoms with Crippen molar-refractivity contribution in [2.24, 2.45) is 5.10 Å². The summed E-state index contributed by atoms with van der Waals surface area (Å²) in [4.78, 5) is 10.9. The highest BCUT2D eigenvalue weighted by Gasteiger charge is 2.15. The van der Waals surface area contributed by atoms with Crippen molar-refractivity contribution in [3.05, 3.63) is 36.0 Å². The molecule has 1 aromatic rings. The van der Waals surface area contributed by atoms with Gasteiger partial charge in [0.1, 0.15) is 5.69 Å². The molecule has 0 fully saturated rings. The molecule has 1 aliphatic rings. The number of carboxylic acid groups (broad SMARTS) is 1. The summed E-state index contributed by atoms with van der Waals surface area (Å²) in [6, 6.07) is 4.75. The van der Waals surface area contributed by atoms with Crippen LogP contribution in [0.5, 0.6) is 0 Å². The van der Waals surface area contributed by atoms with Crippen LogP contribution in [0, 0.1) is 0 Å². The summed E-state index contributed by atoms with van der Waals surface area (Å²) in [5.74, 6) is -1.06. The summed E-state index contributed by atoms with van der Waals surface area (Å²) >= 11 is 0. The van der Waals surface area contributed by atoms with Gasteiger partial charge in [-0.1, -0.05) is 6.07 Å². The molecule has 0 amide bonds. The third-order valence-electron chi connectivity index (χ3n) is 2.10. The smallest absolute Gasteiger partial charge is 0.337 e. The van der Waals surface area contributed by atoms with Gasteiger partial charge in [0.15, 0.2) is 0 Å². The first kappa shape index (κ1) is 10.0. The number of hydrogen-bond acceptors (Lipinski definition) is 5. The van der Waals surface area contributed by atoms with E-state index in [1.165, 1.54) is 11.2 Å². The van der Waals surface area contributed by atoms with Crippen molar-refractivity contribution in [3.63, 3.8) is 0 Å². The summed E-state index contributed by atoms with van der Waals surface area (Å²) in [6.07, 6.45) is 4.96. The van der Waals surface area contributed by atoms with Gasteiger partial charge in [0.2, 0.25) is 0 Å². The number of hydrazine groups is 1. The summed E-state index contributed by atoms with van der Waals surface area (Å²) in [7, 11) is 0. The topological polar surface area (TPSA) is 91.0 Å². The molecule has 1 aliphatic heterocycles. The third kappa shape index (κ3) is 1.68. The van der Waals surface area contributed by atoms with Gasteiger partial charge in [0.25, 0.3) is 0 Å². The zero-order chi connectivity index (χ0) is 11.5. The number of benzene rings is 1. The molecular weight excluding hydrogens is 208 g/mol. The van der Waals surface area contributed by atoms with Gasteiger partial charge in [0, 0.05) is 6.20 Å². The number of nitrogen functional groups attached to an aromatic ring is 1. The van der Waals surface area contributed by atoms with Crippen molar-refractivity contribution in [2.45, 2.75) is 0 Å². The molecule has 0 aromatic heterocycles. The molecule has 0 atom stereocenters. The van der Waals surface area contributed by atoms with Gasteiger partial charge in [-0.2, -0.15) is 10.2 Å². The first-order valence-corrected chi connectivity index (χ1v) is 4.57. The molecular formula is C10H10N4O2. The van der Waals surface area contributed by atoms with E-state index in [0.717, 1.165) is 0 Å². The van der Waals surface area contributed by atoms with E-state index < -0.39 is 5.97 Å². The molecule has 16 heavy (non-hydrogen) atoms. The zero-order valence-electron chi connectivity index (χ0n) is 8.29. The maximum absolute atomic E-state index is 10.9. The fourth-order valence-electron chi connectivity index (χ4n) is 1.35. The van der Waals surface area contributed by atoms with E-state index >= 15 is 0 Å². The van der Waals surface area contributed by atoms with Crippen molar-refractivity contribution in [3.8, 4) is 0 Å². The normalized spacial score (nSPS) is 13.6. The number of carbonyl (C=O) groups is 1. The molecule has 0 spiro atoms. The molecule has 2 rings (SSSR count). The van der Waals surface area contributed by atoms with Gasteiger partial charge >= 0.3 is 5.97 Å². The molecule has 82 valence electrons. The molecule has 0 radical (unpaired) electrons. The number of para-hydroxylation sites is 1. The van der Waals surface area contributed by atoms with Crippen LogP contribution < -0.4 is 16.3 Å². The number of hydrazone groups is 1. The summed E-state index contributed by atoms with van der Waals surface area (Å²) < 4.78 is 0. The fourth-order valence-corrected chi connectivity index (χ4v) is 1.35. The minimum atomic E-state index is -1.06. The zero-order valence-corrected chi connectivity index (χ0v) is 8.29.